The molecule has 3 aromatic rings. The van der Waals surface area contributed by atoms with E-state index in [1.165, 1.54) is 32.7 Å². The van der Waals surface area contributed by atoms with E-state index >= 15 is 0 Å². The number of carbonyl (C=O) groups is 2. The van der Waals surface area contributed by atoms with Gasteiger partial charge in [0.2, 0.25) is 0 Å². The smallest absolute Gasteiger partial charge is 0.325 e. The standard InChI is InChI=1S/C20H19ClN2O5S/c1-11-15(21)5-6-16-18(11)23(10-17(24)28-4)20(29-16)22-19(25)12-7-13(26-2)9-14(8-12)27-3/h5-9H,10H2,1-4H3. The van der Waals surface area contributed by atoms with Gasteiger partial charge in [0.15, 0.2) is 4.80 Å². The van der Waals surface area contributed by atoms with Crippen LogP contribution in [0.2, 0.25) is 5.02 Å². The maximum Gasteiger partial charge on any atom is 0.325 e. The number of amides is 1. The minimum atomic E-state index is -0.490. The van der Waals surface area contributed by atoms with E-state index in [4.69, 9.17) is 25.8 Å². The summed E-state index contributed by atoms with van der Waals surface area (Å²) >= 11 is 7.55. The second kappa shape index (κ2) is 8.67. The van der Waals surface area contributed by atoms with Crippen molar-refractivity contribution >= 4 is 45.0 Å². The van der Waals surface area contributed by atoms with Gasteiger partial charge in [0.1, 0.15) is 18.0 Å². The van der Waals surface area contributed by atoms with E-state index in [0.717, 1.165) is 15.8 Å². The number of benzene rings is 2. The maximum atomic E-state index is 12.9. The average molecular weight is 435 g/mol. The molecule has 0 spiro atoms. The highest BCUT2D eigenvalue weighted by Crippen LogP contribution is 2.27. The molecule has 0 aliphatic heterocycles. The van der Waals surface area contributed by atoms with E-state index < -0.39 is 11.9 Å². The first-order valence-corrected chi connectivity index (χ1v) is 9.74. The summed E-state index contributed by atoms with van der Waals surface area (Å²) in [6.45, 7) is 1.76. The fraction of sp³-hybridized carbons (Fsp3) is 0.250. The molecule has 7 nitrogen and oxygen atoms in total. The number of hydrogen-bond acceptors (Lipinski definition) is 6. The summed E-state index contributed by atoms with van der Waals surface area (Å²) < 4.78 is 17.7. The lowest BCUT2D eigenvalue weighted by atomic mass is 10.2. The first-order valence-electron chi connectivity index (χ1n) is 8.55. The zero-order chi connectivity index (χ0) is 21.1. The maximum absolute atomic E-state index is 12.9. The Hall–Kier alpha value is -2.84. The molecule has 1 heterocycles. The van der Waals surface area contributed by atoms with E-state index in [1.807, 2.05) is 13.0 Å². The Morgan fingerprint density at radius 1 is 1.10 bits per heavy atom. The molecule has 29 heavy (non-hydrogen) atoms. The van der Waals surface area contributed by atoms with Crippen LogP contribution in [0.5, 0.6) is 11.5 Å². The molecular weight excluding hydrogens is 416 g/mol. The number of thiazole rings is 1. The van der Waals surface area contributed by atoms with Crippen LogP contribution < -0.4 is 14.3 Å². The van der Waals surface area contributed by atoms with Crippen molar-refractivity contribution in [3.8, 4) is 11.5 Å². The number of aryl methyl sites for hydroxylation is 1. The van der Waals surface area contributed by atoms with Gasteiger partial charge in [-0.05, 0) is 36.8 Å². The van der Waals surface area contributed by atoms with Crippen molar-refractivity contribution in [1.82, 2.24) is 4.57 Å². The van der Waals surface area contributed by atoms with E-state index in [2.05, 4.69) is 4.99 Å². The summed E-state index contributed by atoms with van der Waals surface area (Å²) in [5, 5.41) is 0.560. The molecule has 0 unspecified atom stereocenters. The van der Waals surface area contributed by atoms with Crippen molar-refractivity contribution in [3.05, 3.63) is 51.3 Å². The number of aromatic nitrogens is 1. The molecule has 0 radical (unpaired) electrons. The quantitative estimate of drug-likeness (QED) is 0.573. The predicted molar refractivity (Wildman–Crippen MR) is 111 cm³/mol. The van der Waals surface area contributed by atoms with Crippen molar-refractivity contribution in [1.29, 1.82) is 0 Å². The van der Waals surface area contributed by atoms with E-state index in [0.29, 0.717) is 26.9 Å². The minimum absolute atomic E-state index is 0.0920. The van der Waals surface area contributed by atoms with Gasteiger partial charge in [0.05, 0.1) is 31.5 Å². The molecule has 152 valence electrons. The topological polar surface area (TPSA) is 79.1 Å². The largest absolute Gasteiger partial charge is 0.497 e. The van der Waals surface area contributed by atoms with Gasteiger partial charge < -0.3 is 18.8 Å². The van der Waals surface area contributed by atoms with Gasteiger partial charge >= 0.3 is 5.97 Å². The van der Waals surface area contributed by atoms with Gasteiger partial charge in [-0.25, -0.2) is 0 Å². The highest BCUT2D eigenvalue weighted by molar-refractivity contribution is 7.16. The van der Waals surface area contributed by atoms with Crippen molar-refractivity contribution in [2.75, 3.05) is 21.3 Å². The summed E-state index contributed by atoms with van der Waals surface area (Å²) in [5.74, 6) is 0.00533. The molecule has 3 rings (SSSR count). The molecule has 0 bridgehead atoms. The van der Waals surface area contributed by atoms with E-state index in [-0.39, 0.29) is 6.54 Å². The van der Waals surface area contributed by atoms with Crippen LogP contribution in [0.1, 0.15) is 15.9 Å². The number of methoxy groups -OCH3 is 3. The third-order valence-electron chi connectivity index (χ3n) is 4.34. The molecule has 2 aromatic carbocycles. The monoisotopic (exact) mass is 434 g/mol. The predicted octanol–water partition coefficient (Wildman–Crippen LogP) is 3.60. The van der Waals surface area contributed by atoms with Crippen LogP contribution in [0.25, 0.3) is 10.2 Å². The molecule has 1 aromatic heterocycles. The number of esters is 1. The molecular formula is C20H19ClN2O5S. The van der Waals surface area contributed by atoms with Crippen LogP contribution in [0, 0.1) is 6.92 Å². The fourth-order valence-electron chi connectivity index (χ4n) is 2.82. The molecule has 0 saturated heterocycles. The van der Waals surface area contributed by atoms with Crippen LogP contribution in [-0.2, 0) is 16.1 Å². The number of carbonyl (C=O) groups excluding carboxylic acids is 2. The lowest BCUT2D eigenvalue weighted by Gasteiger charge is -2.07. The summed E-state index contributed by atoms with van der Waals surface area (Å²) in [6, 6.07) is 8.43. The lowest BCUT2D eigenvalue weighted by molar-refractivity contribution is -0.141. The average Bonchev–Trinajstić information content (AvgIpc) is 3.07. The van der Waals surface area contributed by atoms with Crippen LogP contribution in [0.4, 0.5) is 0 Å². The third-order valence-corrected chi connectivity index (χ3v) is 5.79. The second-order valence-corrected chi connectivity index (χ2v) is 7.50. The number of fused-ring (bicyclic) bond motifs is 1. The molecule has 0 aliphatic carbocycles. The van der Waals surface area contributed by atoms with Crippen molar-refractivity contribution < 1.29 is 23.8 Å². The van der Waals surface area contributed by atoms with Crippen molar-refractivity contribution in [2.45, 2.75) is 13.5 Å². The zero-order valence-electron chi connectivity index (χ0n) is 16.3. The first-order chi connectivity index (χ1) is 13.9. The number of halogens is 1. The SMILES string of the molecule is COC(=O)Cn1c(=NC(=O)c2cc(OC)cc(OC)c2)sc2ccc(Cl)c(C)c21. The highest BCUT2D eigenvalue weighted by Gasteiger charge is 2.16. The molecule has 0 saturated carbocycles. The van der Waals surface area contributed by atoms with Gasteiger partial charge in [-0.2, -0.15) is 4.99 Å². The third kappa shape index (κ3) is 4.28. The Morgan fingerprint density at radius 3 is 2.34 bits per heavy atom. The Labute approximate surface area is 176 Å². The highest BCUT2D eigenvalue weighted by atomic mass is 35.5. The second-order valence-electron chi connectivity index (χ2n) is 6.08. The molecule has 9 heteroatoms. The molecule has 0 atom stereocenters. The minimum Gasteiger partial charge on any atom is -0.497 e. The summed E-state index contributed by atoms with van der Waals surface area (Å²) in [7, 11) is 4.31. The van der Waals surface area contributed by atoms with Gasteiger partial charge in [0, 0.05) is 16.7 Å². The Bertz CT molecular complexity index is 1140. The lowest BCUT2D eigenvalue weighted by Crippen LogP contribution is -2.22. The zero-order valence-corrected chi connectivity index (χ0v) is 17.9. The molecule has 0 fully saturated rings. The van der Waals surface area contributed by atoms with Crippen LogP contribution >= 0.6 is 22.9 Å². The number of rotatable bonds is 5. The van der Waals surface area contributed by atoms with Gasteiger partial charge in [0.25, 0.3) is 5.91 Å². The molecule has 0 N–H and O–H groups in total. The molecule has 1 amide bonds. The van der Waals surface area contributed by atoms with Gasteiger partial charge in [-0.3, -0.25) is 9.59 Å². The van der Waals surface area contributed by atoms with Crippen molar-refractivity contribution in [2.24, 2.45) is 4.99 Å². The Kier molecular flexibility index (Phi) is 6.24. The van der Waals surface area contributed by atoms with E-state index in [1.54, 1.807) is 28.8 Å². The first kappa shape index (κ1) is 20.9. The summed E-state index contributed by atoms with van der Waals surface area (Å²) in [5.41, 5.74) is 1.84. The number of ether oxygens (including phenoxy) is 3. The fourth-order valence-corrected chi connectivity index (χ4v) is 4.06. The van der Waals surface area contributed by atoms with Gasteiger partial charge in [-0.1, -0.05) is 22.9 Å². The molecule has 0 aliphatic rings. The van der Waals surface area contributed by atoms with Crippen LogP contribution in [-0.4, -0.2) is 37.8 Å². The number of hydrogen-bond donors (Lipinski definition) is 0. The summed E-state index contributed by atoms with van der Waals surface area (Å²) in [4.78, 5) is 29.4. The Morgan fingerprint density at radius 2 is 1.76 bits per heavy atom. The van der Waals surface area contributed by atoms with Crippen LogP contribution in [0.3, 0.4) is 0 Å². The number of nitrogens with zero attached hydrogens (tertiary/aromatic N) is 2. The Balaban J connectivity index is 2.19. The normalized spacial score (nSPS) is 11.6. The van der Waals surface area contributed by atoms with E-state index in [9.17, 15) is 9.59 Å². The van der Waals surface area contributed by atoms with Gasteiger partial charge in [-0.15, -0.1) is 0 Å². The van der Waals surface area contributed by atoms with Crippen molar-refractivity contribution in [3.63, 3.8) is 0 Å². The van der Waals surface area contributed by atoms with Crippen LogP contribution in [0.15, 0.2) is 35.3 Å². The summed E-state index contributed by atoms with van der Waals surface area (Å²) in [6.07, 6.45) is 0.